The van der Waals surface area contributed by atoms with Crippen LogP contribution >= 0.6 is 0 Å². The molecule has 1 heterocycles. The second-order valence-corrected chi connectivity index (χ2v) is 5.82. The van der Waals surface area contributed by atoms with Crippen LogP contribution in [0.4, 0.5) is 5.82 Å². The monoisotopic (exact) mass is 270 g/mol. The van der Waals surface area contributed by atoms with E-state index in [2.05, 4.69) is 5.16 Å². The molecule has 0 saturated heterocycles. The maximum atomic E-state index is 6.04. The normalized spacial score (nSPS) is 27.4. The molecule has 1 aromatic heterocycles. The van der Waals surface area contributed by atoms with E-state index in [0.29, 0.717) is 11.7 Å². The highest BCUT2D eigenvalue weighted by Gasteiger charge is 2.56. The number of hydrogen-bond donors (Lipinski definition) is 1. The van der Waals surface area contributed by atoms with Crippen LogP contribution in [0, 0.1) is 11.8 Å². The fourth-order valence-electron chi connectivity index (χ4n) is 3.82. The Hall–Kier alpha value is -1.97. The summed E-state index contributed by atoms with van der Waals surface area (Å²) < 4.78 is 10.9. The van der Waals surface area contributed by atoms with Crippen LogP contribution in [0.3, 0.4) is 0 Å². The molecule has 2 fully saturated rings. The summed E-state index contributed by atoms with van der Waals surface area (Å²) in [5.74, 6) is 4.38. The van der Waals surface area contributed by atoms with Crippen molar-refractivity contribution in [1.29, 1.82) is 0 Å². The number of aromatic nitrogens is 1. The fraction of sp³-hybridized carbons (Fsp3) is 0.438. The van der Waals surface area contributed by atoms with E-state index in [1.54, 1.807) is 7.11 Å². The zero-order valence-electron chi connectivity index (χ0n) is 11.5. The van der Waals surface area contributed by atoms with E-state index in [4.69, 9.17) is 15.0 Å². The van der Waals surface area contributed by atoms with Crippen LogP contribution in [-0.2, 0) is 0 Å². The van der Waals surface area contributed by atoms with E-state index >= 15 is 0 Å². The SMILES string of the molecule is COc1cccc(-c2c(N)noc2C2C3CCCC32)c1. The van der Waals surface area contributed by atoms with Crippen molar-refractivity contribution < 1.29 is 9.26 Å². The Kier molecular flexibility index (Phi) is 2.52. The van der Waals surface area contributed by atoms with Crippen LogP contribution < -0.4 is 10.5 Å². The molecule has 0 radical (unpaired) electrons. The van der Waals surface area contributed by atoms with Gasteiger partial charge in [-0.25, -0.2) is 0 Å². The summed E-state index contributed by atoms with van der Waals surface area (Å²) >= 11 is 0. The summed E-state index contributed by atoms with van der Waals surface area (Å²) in [6, 6.07) is 7.93. The molecule has 0 amide bonds. The lowest BCUT2D eigenvalue weighted by Crippen LogP contribution is -1.93. The molecule has 104 valence electrons. The molecule has 4 rings (SSSR count). The molecule has 0 spiro atoms. The van der Waals surface area contributed by atoms with Crippen molar-refractivity contribution >= 4 is 5.82 Å². The number of nitrogens with zero attached hydrogens (tertiary/aromatic N) is 1. The molecule has 4 nitrogen and oxygen atoms in total. The average molecular weight is 270 g/mol. The predicted octanol–water partition coefficient (Wildman–Crippen LogP) is 3.45. The van der Waals surface area contributed by atoms with Crippen LogP contribution in [0.5, 0.6) is 5.75 Å². The Balaban J connectivity index is 1.76. The highest BCUT2D eigenvalue weighted by molar-refractivity contribution is 5.77. The largest absolute Gasteiger partial charge is 0.497 e. The van der Waals surface area contributed by atoms with Gasteiger partial charge in [-0.2, -0.15) is 0 Å². The van der Waals surface area contributed by atoms with Crippen molar-refractivity contribution in [2.45, 2.75) is 25.2 Å². The molecule has 4 heteroatoms. The summed E-state index contributed by atoms with van der Waals surface area (Å²) in [5.41, 5.74) is 8.03. The van der Waals surface area contributed by atoms with E-state index in [0.717, 1.165) is 34.5 Å². The lowest BCUT2D eigenvalue weighted by Gasteiger charge is -2.06. The third kappa shape index (κ3) is 1.64. The number of anilines is 1. The minimum atomic E-state index is 0.484. The number of rotatable bonds is 3. The number of ether oxygens (including phenoxy) is 1. The van der Waals surface area contributed by atoms with Gasteiger partial charge >= 0.3 is 0 Å². The number of hydrogen-bond acceptors (Lipinski definition) is 4. The smallest absolute Gasteiger partial charge is 0.175 e. The Morgan fingerprint density at radius 2 is 2.10 bits per heavy atom. The minimum Gasteiger partial charge on any atom is -0.497 e. The van der Waals surface area contributed by atoms with Gasteiger partial charge in [0.15, 0.2) is 5.82 Å². The second-order valence-electron chi connectivity index (χ2n) is 5.82. The molecule has 2 aromatic rings. The average Bonchev–Trinajstić information content (AvgIpc) is 2.83. The third-order valence-corrected chi connectivity index (χ3v) is 4.81. The van der Waals surface area contributed by atoms with Crippen molar-refractivity contribution in [3.63, 3.8) is 0 Å². The maximum Gasteiger partial charge on any atom is 0.175 e. The Morgan fingerprint density at radius 3 is 2.85 bits per heavy atom. The highest BCUT2D eigenvalue weighted by Crippen LogP contribution is 2.64. The van der Waals surface area contributed by atoms with Gasteiger partial charge in [0.05, 0.1) is 12.7 Å². The zero-order valence-corrected chi connectivity index (χ0v) is 11.5. The van der Waals surface area contributed by atoms with Gasteiger partial charge in [-0.3, -0.25) is 0 Å². The standard InChI is InChI=1S/C16H18N2O2/c1-19-10-5-2-4-9(8-10)13-15(20-18-16(13)17)14-11-6-3-7-12(11)14/h2,4-5,8,11-12,14H,3,6-7H2,1H3,(H2,17,18). The molecular weight excluding hydrogens is 252 g/mol. The van der Waals surface area contributed by atoms with Crippen LogP contribution in [-0.4, -0.2) is 12.3 Å². The third-order valence-electron chi connectivity index (χ3n) is 4.81. The minimum absolute atomic E-state index is 0.484. The first-order valence-electron chi connectivity index (χ1n) is 7.19. The highest BCUT2D eigenvalue weighted by atomic mass is 16.5. The second kappa shape index (κ2) is 4.27. The van der Waals surface area contributed by atoms with E-state index < -0.39 is 0 Å². The number of benzene rings is 1. The zero-order chi connectivity index (χ0) is 13.7. The van der Waals surface area contributed by atoms with Gasteiger partial charge in [0, 0.05) is 5.92 Å². The van der Waals surface area contributed by atoms with Crippen LogP contribution in [0.1, 0.15) is 30.9 Å². The van der Waals surface area contributed by atoms with E-state index in [1.165, 1.54) is 19.3 Å². The van der Waals surface area contributed by atoms with Crippen LogP contribution in [0.2, 0.25) is 0 Å². The first-order valence-corrected chi connectivity index (χ1v) is 7.19. The summed E-state index contributed by atoms with van der Waals surface area (Å²) in [6.45, 7) is 0. The van der Waals surface area contributed by atoms with E-state index in [9.17, 15) is 0 Å². The fourth-order valence-corrected chi connectivity index (χ4v) is 3.82. The van der Waals surface area contributed by atoms with Crippen molar-refractivity contribution in [3.05, 3.63) is 30.0 Å². The predicted molar refractivity (Wildman–Crippen MR) is 76.5 cm³/mol. The molecule has 0 aliphatic heterocycles. The first-order chi connectivity index (χ1) is 9.79. The number of nitrogen functional groups attached to an aromatic ring is 1. The van der Waals surface area contributed by atoms with Gasteiger partial charge in [0.1, 0.15) is 11.5 Å². The Bertz CT molecular complexity index is 640. The molecule has 20 heavy (non-hydrogen) atoms. The van der Waals surface area contributed by atoms with E-state index in [1.807, 2.05) is 24.3 Å². The van der Waals surface area contributed by atoms with Gasteiger partial charge in [0.25, 0.3) is 0 Å². The van der Waals surface area contributed by atoms with Crippen LogP contribution in [0.25, 0.3) is 11.1 Å². The summed E-state index contributed by atoms with van der Waals surface area (Å²) in [4.78, 5) is 0. The first kappa shape index (κ1) is 11.8. The molecule has 2 aliphatic carbocycles. The topological polar surface area (TPSA) is 61.3 Å². The van der Waals surface area contributed by atoms with Gasteiger partial charge < -0.3 is 15.0 Å². The van der Waals surface area contributed by atoms with E-state index in [-0.39, 0.29) is 0 Å². The van der Waals surface area contributed by atoms with Crippen molar-refractivity contribution in [2.75, 3.05) is 12.8 Å². The summed E-state index contributed by atoms with van der Waals surface area (Å²) in [7, 11) is 1.67. The van der Waals surface area contributed by atoms with Crippen molar-refractivity contribution in [1.82, 2.24) is 5.16 Å². The molecule has 2 aliphatic rings. The number of fused-ring (bicyclic) bond motifs is 1. The molecular formula is C16H18N2O2. The number of nitrogens with two attached hydrogens (primary N) is 1. The lowest BCUT2D eigenvalue weighted by atomic mass is 10.00. The molecule has 0 bridgehead atoms. The van der Waals surface area contributed by atoms with Crippen LogP contribution in [0.15, 0.2) is 28.8 Å². The van der Waals surface area contributed by atoms with Gasteiger partial charge in [-0.15, -0.1) is 0 Å². The molecule has 2 unspecified atom stereocenters. The molecule has 2 N–H and O–H groups in total. The quantitative estimate of drug-likeness (QED) is 0.928. The molecule has 2 atom stereocenters. The molecule has 1 aromatic carbocycles. The van der Waals surface area contributed by atoms with Crippen molar-refractivity contribution in [2.24, 2.45) is 11.8 Å². The lowest BCUT2D eigenvalue weighted by molar-refractivity contribution is 0.376. The Morgan fingerprint density at radius 1 is 1.30 bits per heavy atom. The number of methoxy groups -OCH3 is 1. The maximum absolute atomic E-state index is 6.04. The Labute approximate surface area is 117 Å². The van der Waals surface area contributed by atoms with Crippen molar-refractivity contribution in [3.8, 4) is 16.9 Å². The van der Waals surface area contributed by atoms with Gasteiger partial charge in [-0.1, -0.05) is 23.7 Å². The molecule has 2 saturated carbocycles. The van der Waals surface area contributed by atoms with Gasteiger partial charge in [0.2, 0.25) is 0 Å². The van der Waals surface area contributed by atoms with Gasteiger partial charge in [-0.05, 0) is 42.4 Å². The summed E-state index contributed by atoms with van der Waals surface area (Å²) in [5, 5.41) is 4.00. The summed E-state index contributed by atoms with van der Waals surface area (Å²) in [6.07, 6.45) is 3.98.